The predicted molar refractivity (Wildman–Crippen MR) is 151 cm³/mol. The Balaban J connectivity index is 1.71. The Labute approximate surface area is 236 Å². The van der Waals surface area contributed by atoms with Crippen LogP contribution < -0.4 is 15.2 Å². The molecule has 2 N–H and O–H groups in total. The van der Waals surface area contributed by atoms with Gasteiger partial charge in [0, 0.05) is 44.7 Å². The van der Waals surface area contributed by atoms with Gasteiger partial charge in [-0.15, -0.1) is 0 Å². The van der Waals surface area contributed by atoms with Gasteiger partial charge in [0.25, 0.3) is 0 Å². The number of ether oxygens (including phenoxy) is 3. The summed E-state index contributed by atoms with van der Waals surface area (Å²) in [6.45, 7) is 4.37. The summed E-state index contributed by atoms with van der Waals surface area (Å²) >= 11 is 0. The number of nitrogens with two attached hydrogens (primary N) is 1. The van der Waals surface area contributed by atoms with Crippen molar-refractivity contribution in [2.75, 3.05) is 40.2 Å². The molecule has 4 heterocycles. The Morgan fingerprint density at radius 1 is 1.24 bits per heavy atom. The van der Waals surface area contributed by atoms with E-state index in [2.05, 4.69) is 28.5 Å². The Hall–Kier alpha value is -4.89. The lowest BCUT2D eigenvalue weighted by Gasteiger charge is -2.22. The van der Waals surface area contributed by atoms with Gasteiger partial charge in [0.15, 0.2) is 11.6 Å². The van der Waals surface area contributed by atoms with E-state index in [4.69, 9.17) is 25.0 Å². The second-order valence-corrected chi connectivity index (χ2v) is 9.58. The minimum Gasteiger partial charge on any atom is -0.497 e. The number of benzene rings is 1. The molecule has 0 spiro atoms. The van der Waals surface area contributed by atoms with Crippen LogP contribution in [0.15, 0.2) is 43.2 Å². The maximum absolute atomic E-state index is 15.1. The van der Waals surface area contributed by atoms with Gasteiger partial charge in [0.05, 0.1) is 55.1 Å². The Kier molecular flexibility index (Phi) is 7.63. The van der Waals surface area contributed by atoms with E-state index in [1.807, 2.05) is 24.0 Å². The van der Waals surface area contributed by atoms with Crippen molar-refractivity contribution < 1.29 is 23.4 Å². The number of rotatable bonds is 7. The molecular weight excluding hydrogens is 529 g/mol. The van der Waals surface area contributed by atoms with Crippen LogP contribution in [0.4, 0.5) is 10.2 Å². The first-order chi connectivity index (χ1) is 19.8. The summed E-state index contributed by atoms with van der Waals surface area (Å²) in [7, 11) is 6.26. The molecule has 0 saturated carbocycles. The van der Waals surface area contributed by atoms with E-state index in [1.165, 1.54) is 32.4 Å². The van der Waals surface area contributed by atoms with Crippen LogP contribution in [-0.2, 0) is 16.6 Å². The van der Waals surface area contributed by atoms with E-state index < -0.39 is 5.82 Å². The van der Waals surface area contributed by atoms with Crippen molar-refractivity contribution in [3.05, 3.63) is 60.3 Å². The lowest BCUT2D eigenvalue weighted by atomic mass is 10.1. The molecule has 1 fully saturated rings. The fourth-order valence-electron chi connectivity index (χ4n) is 5.16. The minimum atomic E-state index is -0.624. The number of methoxy groups -OCH3 is 3. The average molecular weight is 560 g/mol. The molecule has 41 heavy (non-hydrogen) atoms. The van der Waals surface area contributed by atoms with E-state index in [9.17, 15) is 4.79 Å². The molecule has 3 aromatic heterocycles. The van der Waals surface area contributed by atoms with Crippen LogP contribution in [0.5, 0.6) is 11.5 Å². The zero-order chi connectivity index (χ0) is 29.3. The maximum Gasteiger partial charge on any atom is 0.246 e. The van der Waals surface area contributed by atoms with Gasteiger partial charge in [-0.25, -0.2) is 9.37 Å². The number of aryl methyl sites for hydroxylation is 1. The molecule has 5 rings (SSSR count). The molecule has 1 aliphatic rings. The Bertz CT molecular complexity index is 1700. The highest BCUT2D eigenvalue weighted by atomic mass is 19.1. The summed E-state index contributed by atoms with van der Waals surface area (Å²) in [4.78, 5) is 18.8. The van der Waals surface area contributed by atoms with Crippen LogP contribution >= 0.6 is 0 Å². The van der Waals surface area contributed by atoms with E-state index in [1.54, 1.807) is 22.9 Å². The second-order valence-electron chi connectivity index (χ2n) is 9.58. The molecule has 0 aliphatic carbocycles. The number of pyridine rings is 1. The maximum atomic E-state index is 15.1. The number of nitrogens with zero attached hydrogens (tertiary/aromatic N) is 6. The van der Waals surface area contributed by atoms with Crippen molar-refractivity contribution in [3.63, 3.8) is 0 Å². The number of anilines is 1. The number of likely N-dealkylation sites (tertiary alicyclic amines) is 1. The summed E-state index contributed by atoms with van der Waals surface area (Å²) in [5.74, 6) is 5.66. The number of fused-ring (bicyclic) bond motifs is 1. The quantitative estimate of drug-likeness (QED) is 0.271. The third-order valence-electron chi connectivity index (χ3n) is 7.08. The number of carbonyl (C=O) groups is 1. The van der Waals surface area contributed by atoms with Crippen LogP contribution in [0.25, 0.3) is 22.2 Å². The number of nitrogen functional groups attached to an aromatic ring is 1. The van der Waals surface area contributed by atoms with Crippen LogP contribution in [0.1, 0.15) is 23.7 Å². The van der Waals surface area contributed by atoms with Gasteiger partial charge in [-0.2, -0.15) is 10.2 Å². The first-order valence-electron chi connectivity index (χ1n) is 12.8. The molecule has 0 bridgehead atoms. The molecular formula is C29H30FN7O4. The number of hydrogen-bond acceptors (Lipinski definition) is 8. The zero-order valence-electron chi connectivity index (χ0n) is 23.2. The van der Waals surface area contributed by atoms with Crippen molar-refractivity contribution in [1.82, 2.24) is 29.4 Å². The van der Waals surface area contributed by atoms with E-state index in [0.29, 0.717) is 53.2 Å². The first kappa shape index (κ1) is 27.7. The van der Waals surface area contributed by atoms with E-state index in [0.717, 1.165) is 0 Å². The van der Waals surface area contributed by atoms with Crippen LogP contribution in [0, 0.1) is 17.7 Å². The van der Waals surface area contributed by atoms with Crippen molar-refractivity contribution in [2.45, 2.75) is 18.5 Å². The van der Waals surface area contributed by atoms with Gasteiger partial charge in [-0.1, -0.05) is 12.5 Å². The highest BCUT2D eigenvalue weighted by molar-refractivity contribution is 6.01. The molecule has 0 radical (unpaired) electrons. The molecule has 12 heteroatoms. The topological polar surface area (TPSA) is 123 Å². The third kappa shape index (κ3) is 5.07. The number of halogens is 1. The van der Waals surface area contributed by atoms with Crippen LogP contribution in [0.3, 0.4) is 0 Å². The van der Waals surface area contributed by atoms with E-state index >= 15 is 4.39 Å². The van der Waals surface area contributed by atoms with Crippen molar-refractivity contribution in [1.29, 1.82) is 0 Å². The fourth-order valence-corrected chi connectivity index (χ4v) is 5.16. The molecule has 212 valence electrons. The molecule has 1 aromatic carbocycles. The van der Waals surface area contributed by atoms with Gasteiger partial charge in [0.2, 0.25) is 5.91 Å². The van der Waals surface area contributed by atoms with Gasteiger partial charge in [0.1, 0.15) is 17.3 Å². The predicted octanol–water partition coefficient (Wildman–Crippen LogP) is 2.94. The SMILES string of the molecule is C=CC(=O)N1C[C@@H](n2nc(C#Cc3cc(OC)cc(OC)c3F)c3c(N)ncc(-c4ccn(C)n4)c32)C[C@@H]1COC. The highest BCUT2D eigenvalue weighted by Gasteiger charge is 2.37. The smallest absolute Gasteiger partial charge is 0.246 e. The summed E-state index contributed by atoms with van der Waals surface area (Å²) in [5.41, 5.74) is 8.82. The average Bonchev–Trinajstić information content (AvgIpc) is 3.70. The Morgan fingerprint density at radius 3 is 2.71 bits per heavy atom. The number of aromatic nitrogens is 5. The first-order valence-corrected chi connectivity index (χ1v) is 12.8. The molecule has 4 aromatic rings. The van der Waals surface area contributed by atoms with Crippen molar-refractivity contribution in [3.8, 4) is 34.6 Å². The van der Waals surface area contributed by atoms with Crippen LogP contribution in [-0.4, -0.2) is 75.9 Å². The standard InChI is InChI=1S/C29H30FN7O4/c1-6-25(38)36-15-18(12-19(36)16-39-3)37-28-21(22-9-10-35(2)33-22)14-32-29(31)26(28)23(34-37)8-7-17-11-20(40-4)13-24(41-5)27(17)30/h6,9-11,13-14,18-19H,1,12,15-16H2,2-5H3,(H2,31,32)/t18-,19+/m0/s1. The number of hydrogen-bond donors (Lipinski definition) is 1. The lowest BCUT2D eigenvalue weighted by Crippen LogP contribution is -2.37. The normalized spacial score (nSPS) is 16.5. The monoisotopic (exact) mass is 559 g/mol. The number of carbonyl (C=O) groups excluding carboxylic acids is 1. The molecule has 11 nitrogen and oxygen atoms in total. The summed E-state index contributed by atoms with van der Waals surface area (Å²) < 4.78 is 34.4. The van der Waals surface area contributed by atoms with Gasteiger partial charge >= 0.3 is 0 Å². The molecule has 1 amide bonds. The summed E-state index contributed by atoms with van der Waals surface area (Å²) in [6.07, 6.45) is 5.34. The van der Waals surface area contributed by atoms with Gasteiger partial charge in [-0.05, 0) is 30.6 Å². The fraction of sp³-hybridized carbons (Fsp3) is 0.310. The van der Waals surface area contributed by atoms with Crippen molar-refractivity contribution >= 4 is 22.6 Å². The summed E-state index contributed by atoms with van der Waals surface area (Å²) in [5, 5.41) is 9.94. The second kappa shape index (κ2) is 11.3. The third-order valence-corrected chi connectivity index (χ3v) is 7.08. The van der Waals surface area contributed by atoms with Crippen LogP contribution in [0.2, 0.25) is 0 Å². The molecule has 0 unspecified atom stereocenters. The summed E-state index contributed by atoms with van der Waals surface area (Å²) in [6, 6.07) is 4.37. The lowest BCUT2D eigenvalue weighted by molar-refractivity contribution is -0.127. The van der Waals surface area contributed by atoms with Crippen molar-refractivity contribution in [2.24, 2.45) is 7.05 Å². The molecule has 2 atom stereocenters. The van der Waals surface area contributed by atoms with Gasteiger partial charge < -0.3 is 24.8 Å². The van der Waals surface area contributed by atoms with Gasteiger partial charge in [-0.3, -0.25) is 14.2 Å². The molecule has 1 saturated heterocycles. The number of amides is 1. The molecule has 1 aliphatic heterocycles. The van der Waals surface area contributed by atoms with E-state index in [-0.39, 0.29) is 35.1 Å². The Morgan fingerprint density at radius 2 is 2.05 bits per heavy atom. The largest absolute Gasteiger partial charge is 0.497 e. The minimum absolute atomic E-state index is 0.00442. The highest BCUT2D eigenvalue weighted by Crippen LogP contribution is 2.37. The zero-order valence-corrected chi connectivity index (χ0v) is 23.2.